The minimum atomic E-state index is -0.778. The Morgan fingerprint density at radius 2 is 2.31 bits per heavy atom. The molecule has 5 heteroatoms. The number of carbonyl (C=O) groups is 1. The van der Waals surface area contributed by atoms with Crippen molar-refractivity contribution in [3.8, 4) is 0 Å². The minimum Gasteiger partial charge on any atom is -0.481 e. The van der Waals surface area contributed by atoms with Gasteiger partial charge >= 0.3 is 5.97 Å². The van der Waals surface area contributed by atoms with Gasteiger partial charge in [0.15, 0.2) is 0 Å². The maximum absolute atomic E-state index is 10.9. The lowest BCUT2D eigenvalue weighted by molar-refractivity contribution is -0.146. The number of pyridine rings is 1. The number of carboxylic acids is 1. The molecule has 16 heavy (non-hydrogen) atoms. The average molecular weight is 260 g/mol. The fourth-order valence-corrected chi connectivity index (χ4v) is 2.42. The highest BCUT2D eigenvalue weighted by molar-refractivity contribution is 7.99. The number of nitrogens with zero attached hydrogens (tertiary/aromatic N) is 1. The van der Waals surface area contributed by atoms with Crippen LogP contribution in [0.15, 0.2) is 23.4 Å². The summed E-state index contributed by atoms with van der Waals surface area (Å²) in [7, 11) is 0. The van der Waals surface area contributed by atoms with Crippen LogP contribution in [0.1, 0.15) is 20.3 Å². The summed E-state index contributed by atoms with van der Waals surface area (Å²) in [5.41, 5.74) is -0.700. The fourth-order valence-electron chi connectivity index (χ4n) is 0.987. The van der Waals surface area contributed by atoms with Crippen LogP contribution in [0.25, 0.3) is 0 Å². The summed E-state index contributed by atoms with van der Waals surface area (Å²) in [5.74, 6) is -0.0871. The number of halogens is 1. The Morgan fingerprint density at radius 1 is 1.62 bits per heavy atom. The van der Waals surface area contributed by atoms with Crippen LogP contribution in [0.5, 0.6) is 0 Å². The molecule has 0 saturated heterocycles. The monoisotopic (exact) mass is 259 g/mol. The Hall–Kier alpha value is -0.740. The van der Waals surface area contributed by atoms with E-state index in [1.54, 1.807) is 32.2 Å². The molecular weight excluding hydrogens is 246 g/mol. The van der Waals surface area contributed by atoms with Gasteiger partial charge in [-0.05, 0) is 32.4 Å². The van der Waals surface area contributed by atoms with E-state index in [1.165, 1.54) is 11.8 Å². The molecule has 1 rings (SSSR count). The molecule has 0 aromatic carbocycles. The highest BCUT2D eigenvalue weighted by atomic mass is 35.5. The Kier molecular flexibility index (Phi) is 4.62. The SMILES string of the molecule is CC(C)(CCSc1ncccc1Cl)C(=O)O. The van der Waals surface area contributed by atoms with Crippen molar-refractivity contribution >= 4 is 29.3 Å². The Morgan fingerprint density at radius 3 is 2.88 bits per heavy atom. The number of thioether (sulfide) groups is 1. The van der Waals surface area contributed by atoms with Gasteiger partial charge in [-0.1, -0.05) is 11.6 Å². The number of aliphatic carboxylic acids is 1. The number of rotatable bonds is 5. The lowest BCUT2D eigenvalue weighted by Gasteiger charge is -2.18. The van der Waals surface area contributed by atoms with Crippen molar-refractivity contribution in [3.05, 3.63) is 23.4 Å². The quantitative estimate of drug-likeness (QED) is 0.824. The van der Waals surface area contributed by atoms with E-state index in [2.05, 4.69) is 4.98 Å². The van der Waals surface area contributed by atoms with Gasteiger partial charge in [0.25, 0.3) is 0 Å². The summed E-state index contributed by atoms with van der Waals surface area (Å²) in [4.78, 5) is 15.0. The number of hydrogen-bond donors (Lipinski definition) is 1. The molecule has 0 aliphatic rings. The zero-order chi connectivity index (χ0) is 12.2. The molecule has 0 aliphatic carbocycles. The summed E-state index contributed by atoms with van der Waals surface area (Å²) in [5, 5.41) is 10.3. The predicted molar refractivity (Wildman–Crippen MR) is 66.0 cm³/mol. The predicted octanol–water partition coefficient (Wildman–Crippen LogP) is 3.33. The first-order valence-corrected chi connectivity index (χ1v) is 6.26. The molecule has 1 aromatic heterocycles. The van der Waals surface area contributed by atoms with Crippen molar-refractivity contribution in [3.63, 3.8) is 0 Å². The lowest BCUT2D eigenvalue weighted by atomic mass is 9.91. The molecule has 0 atom stereocenters. The van der Waals surface area contributed by atoms with Gasteiger partial charge in [-0.2, -0.15) is 0 Å². The van der Waals surface area contributed by atoms with Crippen LogP contribution in [0.4, 0.5) is 0 Å². The average Bonchev–Trinajstić information content (AvgIpc) is 2.20. The third kappa shape index (κ3) is 3.68. The van der Waals surface area contributed by atoms with E-state index < -0.39 is 11.4 Å². The molecule has 3 nitrogen and oxygen atoms in total. The van der Waals surface area contributed by atoms with E-state index in [-0.39, 0.29) is 0 Å². The summed E-state index contributed by atoms with van der Waals surface area (Å²) in [6.07, 6.45) is 2.26. The molecule has 0 amide bonds. The van der Waals surface area contributed by atoms with E-state index in [0.717, 1.165) is 5.03 Å². The maximum Gasteiger partial charge on any atom is 0.309 e. The third-order valence-electron chi connectivity index (χ3n) is 2.27. The second-order valence-corrected chi connectivity index (χ2v) is 5.57. The Bertz CT molecular complexity index is 382. The Labute approximate surface area is 104 Å². The van der Waals surface area contributed by atoms with E-state index in [0.29, 0.717) is 17.2 Å². The van der Waals surface area contributed by atoms with Crippen molar-refractivity contribution < 1.29 is 9.90 Å². The van der Waals surface area contributed by atoms with Gasteiger partial charge in [0.1, 0.15) is 5.03 Å². The first-order chi connectivity index (χ1) is 7.43. The highest BCUT2D eigenvalue weighted by Crippen LogP contribution is 2.29. The van der Waals surface area contributed by atoms with Gasteiger partial charge in [-0.25, -0.2) is 4.98 Å². The van der Waals surface area contributed by atoms with Crippen molar-refractivity contribution in [2.45, 2.75) is 25.3 Å². The van der Waals surface area contributed by atoms with Crippen LogP contribution < -0.4 is 0 Å². The van der Waals surface area contributed by atoms with Crippen LogP contribution in [0.2, 0.25) is 5.02 Å². The van der Waals surface area contributed by atoms with Gasteiger partial charge in [0.2, 0.25) is 0 Å². The molecule has 0 bridgehead atoms. The first kappa shape index (κ1) is 13.3. The van der Waals surface area contributed by atoms with E-state index in [4.69, 9.17) is 16.7 Å². The molecule has 88 valence electrons. The van der Waals surface area contributed by atoms with Crippen LogP contribution in [-0.4, -0.2) is 21.8 Å². The number of carboxylic acid groups (broad SMARTS) is 1. The maximum atomic E-state index is 10.9. The van der Waals surface area contributed by atoms with Crippen molar-refractivity contribution in [1.82, 2.24) is 4.98 Å². The van der Waals surface area contributed by atoms with Crippen LogP contribution in [0.3, 0.4) is 0 Å². The van der Waals surface area contributed by atoms with Gasteiger partial charge in [-0.3, -0.25) is 4.79 Å². The standard InChI is InChI=1S/C11H14ClNO2S/c1-11(2,10(14)15)5-7-16-9-8(12)4-3-6-13-9/h3-4,6H,5,7H2,1-2H3,(H,14,15). The molecule has 1 heterocycles. The largest absolute Gasteiger partial charge is 0.481 e. The second kappa shape index (κ2) is 5.55. The molecular formula is C11H14ClNO2S. The fraction of sp³-hybridized carbons (Fsp3) is 0.455. The highest BCUT2D eigenvalue weighted by Gasteiger charge is 2.26. The molecule has 0 fully saturated rings. The van der Waals surface area contributed by atoms with Gasteiger partial charge < -0.3 is 5.11 Å². The summed E-state index contributed by atoms with van der Waals surface area (Å²) >= 11 is 7.42. The van der Waals surface area contributed by atoms with E-state index in [9.17, 15) is 4.79 Å². The zero-order valence-corrected chi connectivity index (χ0v) is 10.8. The summed E-state index contributed by atoms with van der Waals surface area (Å²) < 4.78 is 0. The van der Waals surface area contributed by atoms with Crippen molar-refractivity contribution in [2.75, 3.05) is 5.75 Å². The normalized spacial score (nSPS) is 11.4. The molecule has 0 aliphatic heterocycles. The third-order valence-corrected chi connectivity index (χ3v) is 3.69. The van der Waals surface area contributed by atoms with Gasteiger partial charge in [0.05, 0.1) is 10.4 Å². The number of hydrogen-bond acceptors (Lipinski definition) is 3. The zero-order valence-electron chi connectivity index (χ0n) is 9.24. The van der Waals surface area contributed by atoms with E-state index in [1.807, 2.05) is 0 Å². The topological polar surface area (TPSA) is 50.2 Å². The number of aromatic nitrogens is 1. The minimum absolute atomic E-state index is 0.583. The second-order valence-electron chi connectivity index (χ2n) is 4.08. The van der Waals surface area contributed by atoms with E-state index >= 15 is 0 Å². The van der Waals surface area contributed by atoms with Crippen molar-refractivity contribution in [1.29, 1.82) is 0 Å². The first-order valence-electron chi connectivity index (χ1n) is 4.90. The smallest absolute Gasteiger partial charge is 0.309 e. The molecule has 0 radical (unpaired) electrons. The lowest BCUT2D eigenvalue weighted by Crippen LogP contribution is -2.24. The molecule has 0 spiro atoms. The molecule has 0 unspecified atom stereocenters. The van der Waals surface area contributed by atoms with Crippen LogP contribution in [-0.2, 0) is 4.79 Å². The molecule has 1 aromatic rings. The van der Waals surface area contributed by atoms with Gasteiger partial charge in [-0.15, -0.1) is 11.8 Å². The summed E-state index contributed by atoms with van der Waals surface area (Å²) in [6.45, 7) is 3.44. The molecule has 1 N–H and O–H groups in total. The van der Waals surface area contributed by atoms with Crippen molar-refractivity contribution in [2.24, 2.45) is 5.41 Å². The Balaban J connectivity index is 2.48. The summed E-state index contributed by atoms with van der Waals surface area (Å²) in [6, 6.07) is 3.55. The van der Waals surface area contributed by atoms with Crippen LogP contribution >= 0.6 is 23.4 Å². The van der Waals surface area contributed by atoms with Crippen LogP contribution in [0, 0.1) is 5.41 Å². The molecule has 0 saturated carbocycles. The van der Waals surface area contributed by atoms with Gasteiger partial charge in [0, 0.05) is 11.9 Å².